The summed E-state index contributed by atoms with van der Waals surface area (Å²) in [5.74, 6) is -0.920. The molecule has 0 bridgehead atoms. The molecule has 0 N–H and O–H groups in total. The summed E-state index contributed by atoms with van der Waals surface area (Å²) >= 11 is 0. The van der Waals surface area contributed by atoms with Crippen LogP contribution in [0.1, 0.15) is 290 Å². The number of esters is 3. The van der Waals surface area contributed by atoms with E-state index in [9.17, 15) is 14.4 Å². The van der Waals surface area contributed by atoms with Gasteiger partial charge in [0.2, 0.25) is 0 Å². The second-order valence-electron chi connectivity index (χ2n) is 21.3. The molecule has 0 spiro atoms. The van der Waals surface area contributed by atoms with Gasteiger partial charge < -0.3 is 14.2 Å². The number of hydrogen-bond acceptors (Lipinski definition) is 6. The van der Waals surface area contributed by atoms with Crippen LogP contribution >= 0.6 is 0 Å². The summed E-state index contributed by atoms with van der Waals surface area (Å²) in [6.07, 6.45) is 93.1. The van der Waals surface area contributed by atoms with Crippen molar-refractivity contribution in [3.8, 4) is 0 Å². The molecule has 0 aliphatic heterocycles. The molecule has 0 radical (unpaired) electrons. The fraction of sp³-hybridized carbons (Fsp3) is 0.658. The Hall–Kier alpha value is -4.45. The molecule has 0 aromatic carbocycles. The van der Waals surface area contributed by atoms with E-state index in [1.54, 1.807) is 0 Å². The average molecular weight is 1090 g/mol. The van der Waals surface area contributed by atoms with Gasteiger partial charge in [0.25, 0.3) is 0 Å². The Kier molecular flexibility index (Phi) is 62.3. The summed E-state index contributed by atoms with van der Waals surface area (Å²) in [6.45, 7) is 6.40. The minimum absolute atomic E-state index is 0.0916. The Morgan fingerprint density at radius 2 is 0.494 bits per heavy atom. The molecule has 6 nitrogen and oxygen atoms in total. The van der Waals surface area contributed by atoms with E-state index in [1.165, 1.54) is 89.9 Å². The fourth-order valence-electron chi connectivity index (χ4n) is 8.83. The third-order valence-corrected chi connectivity index (χ3v) is 13.7. The number of ether oxygens (including phenoxy) is 3. The maximum atomic E-state index is 12.9. The number of carbonyl (C=O) groups excluding carboxylic acids is 3. The summed E-state index contributed by atoms with van der Waals surface area (Å²) in [7, 11) is 0. The summed E-state index contributed by atoms with van der Waals surface area (Å²) < 4.78 is 16.9. The van der Waals surface area contributed by atoms with E-state index in [0.29, 0.717) is 19.3 Å². The Morgan fingerprint density at radius 3 is 0.772 bits per heavy atom. The van der Waals surface area contributed by atoms with E-state index in [2.05, 4.69) is 154 Å². The molecule has 0 aliphatic rings. The second-order valence-corrected chi connectivity index (χ2v) is 21.3. The van der Waals surface area contributed by atoms with Gasteiger partial charge in [0.15, 0.2) is 6.10 Å². The Balaban J connectivity index is 4.43. The van der Waals surface area contributed by atoms with Crippen LogP contribution in [0.5, 0.6) is 0 Å². The van der Waals surface area contributed by atoms with Crippen molar-refractivity contribution in [1.29, 1.82) is 0 Å². The van der Waals surface area contributed by atoms with Gasteiger partial charge >= 0.3 is 17.9 Å². The first-order valence-electron chi connectivity index (χ1n) is 32.7. The van der Waals surface area contributed by atoms with Crippen molar-refractivity contribution in [2.75, 3.05) is 13.2 Å². The highest BCUT2D eigenvalue weighted by Crippen LogP contribution is 2.16. The summed E-state index contributed by atoms with van der Waals surface area (Å²) in [6, 6.07) is 0. The van der Waals surface area contributed by atoms with Gasteiger partial charge in [0, 0.05) is 19.3 Å². The standard InChI is InChI=1S/C73H120O6/c1-4-7-10-13-16-19-22-25-28-30-32-33-34-35-36-37-38-39-41-42-45-48-51-54-57-60-63-66-72(75)78-69-70(68-77-71(74)65-62-59-56-53-50-47-44-27-24-21-18-15-12-9-6-3)79-73(76)67-64-61-58-55-52-49-46-43-40-31-29-26-23-20-17-14-11-8-5-2/h7-8,10-11,16-17,19-20,25-26,28-29,32-33,35-36,38-40,42-43,45,70H,4-6,9,12-15,18,21-24,27,30-31,34,37,41,44,46-69H2,1-3H3/b10-7-,11-8-,19-16-,20-17-,28-25-,29-26-,33-32-,36-35-,39-38-,43-40-,45-42-. The van der Waals surface area contributed by atoms with Gasteiger partial charge in [0.1, 0.15) is 13.2 Å². The molecule has 1 atom stereocenters. The highest BCUT2D eigenvalue weighted by atomic mass is 16.6. The zero-order chi connectivity index (χ0) is 57.1. The molecule has 1 unspecified atom stereocenters. The lowest BCUT2D eigenvalue weighted by molar-refractivity contribution is -0.167. The van der Waals surface area contributed by atoms with E-state index in [4.69, 9.17) is 14.2 Å². The van der Waals surface area contributed by atoms with Crippen molar-refractivity contribution >= 4 is 17.9 Å². The maximum Gasteiger partial charge on any atom is 0.306 e. The Morgan fingerprint density at radius 1 is 0.266 bits per heavy atom. The molecule has 79 heavy (non-hydrogen) atoms. The van der Waals surface area contributed by atoms with Crippen LogP contribution in [0.3, 0.4) is 0 Å². The first kappa shape index (κ1) is 74.5. The quantitative estimate of drug-likeness (QED) is 0.0261. The third-order valence-electron chi connectivity index (χ3n) is 13.7. The molecule has 0 amide bonds. The SMILES string of the molecule is CC/C=C\C/C=C\C/C=C\C/C=C\C/C=C\C/C=C\C/C=C\CCCCCCCC(=O)OCC(COC(=O)CCCCCCCCCCCCCCCCC)OC(=O)CCCCCCCC/C=C\C/C=C\C/C=C\C/C=C\CC. The summed E-state index contributed by atoms with van der Waals surface area (Å²) in [5, 5.41) is 0. The van der Waals surface area contributed by atoms with Crippen LogP contribution in [-0.2, 0) is 28.6 Å². The molecule has 0 heterocycles. The Bertz CT molecular complexity index is 1680. The van der Waals surface area contributed by atoms with Crippen molar-refractivity contribution in [2.45, 2.75) is 297 Å². The molecule has 448 valence electrons. The number of rotatable bonds is 58. The number of hydrogen-bond donors (Lipinski definition) is 0. The Labute approximate surface area is 487 Å². The van der Waals surface area contributed by atoms with Crippen molar-refractivity contribution < 1.29 is 28.6 Å². The molecular formula is C73H120O6. The predicted octanol–water partition coefficient (Wildman–Crippen LogP) is 22.5. The van der Waals surface area contributed by atoms with E-state index >= 15 is 0 Å². The zero-order valence-electron chi connectivity index (χ0n) is 51.3. The first-order valence-corrected chi connectivity index (χ1v) is 32.7. The van der Waals surface area contributed by atoms with Gasteiger partial charge in [0.05, 0.1) is 0 Å². The van der Waals surface area contributed by atoms with Crippen molar-refractivity contribution in [3.63, 3.8) is 0 Å². The molecule has 0 aliphatic carbocycles. The van der Waals surface area contributed by atoms with E-state index in [1.807, 2.05) is 0 Å². The van der Waals surface area contributed by atoms with E-state index in [-0.39, 0.29) is 31.1 Å². The largest absolute Gasteiger partial charge is 0.462 e. The predicted molar refractivity (Wildman–Crippen MR) is 343 cm³/mol. The van der Waals surface area contributed by atoms with Crippen molar-refractivity contribution in [3.05, 3.63) is 134 Å². The molecule has 0 fully saturated rings. The van der Waals surface area contributed by atoms with Gasteiger partial charge in [-0.15, -0.1) is 0 Å². The maximum absolute atomic E-state index is 12.9. The summed E-state index contributed by atoms with van der Waals surface area (Å²) in [5.41, 5.74) is 0. The topological polar surface area (TPSA) is 78.9 Å². The first-order chi connectivity index (χ1) is 39.0. The minimum atomic E-state index is -0.799. The van der Waals surface area contributed by atoms with Crippen LogP contribution in [0.15, 0.2) is 134 Å². The van der Waals surface area contributed by atoms with Crippen LogP contribution in [-0.4, -0.2) is 37.2 Å². The van der Waals surface area contributed by atoms with Crippen LogP contribution in [0.25, 0.3) is 0 Å². The van der Waals surface area contributed by atoms with E-state index < -0.39 is 6.10 Å². The summed E-state index contributed by atoms with van der Waals surface area (Å²) in [4.78, 5) is 38.4. The fourth-order valence-corrected chi connectivity index (χ4v) is 8.83. The third kappa shape index (κ3) is 64.3. The van der Waals surface area contributed by atoms with Crippen molar-refractivity contribution in [1.82, 2.24) is 0 Å². The van der Waals surface area contributed by atoms with Crippen molar-refractivity contribution in [2.24, 2.45) is 0 Å². The molecule has 6 heteroatoms. The van der Waals surface area contributed by atoms with Gasteiger partial charge in [-0.25, -0.2) is 0 Å². The lowest BCUT2D eigenvalue weighted by Gasteiger charge is -2.18. The number of unbranched alkanes of at least 4 members (excludes halogenated alkanes) is 25. The smallest absolute Gasteiger partial charge is 0.306 e. The molecule has 0 aromatic heterocycles. The highest BCUT2D eigenvalue weighted by Gasteiger charge is 2.19. The molecule has 0 rings (SSSR count). The normalized spacial score (nSPS) is 13.0. The van der Waals surface area contributed by atoms with Crippen LogP contribution in [0.2, 0.25) is 0 Å². The molecular weight excluding hydrogens is 973 g/mol. The average Bonchev–Trinajstić information content (AvgIpc) is 3.45. The van der Waals surface area contributed by atoms with Crippen LogP contribution in [0, 0.1) is 0 Å². The van der Waals surface area contributed by atoms with Gasteiger partial charge in [-0.2, -0.15) is 0 Å². The number of allylic oxidation sites excluding steroid dienone is 22. The zero-order valence-corrected chi connectivity index (χ0v) is 51.3. The monoisotopic (exact) mass is 1090 g/mol. The molecule has 0 aromatic rings. The van der Waals surface area contributed by atoms with Gasteiger partial charge in [-0.3, -0.25) is 14.4 Å². The van der Waals surface area contributed by atoms with Gasteiger partial charge in [-0.1, -0.05) is 289 Å². The highest BCUT2D eigenvalue weighted by molar-refractivity contribution is 5.71. The lowest BCUT2D eigenvalue weighted by Crippen LogP contribution is -2.30. The molecule has 0 saturated heterocycles. The molecule has 0 saturated carbocycles. The van der Waals surface area contributed by atoms with Gasteiger partial charge in [-0.05, 0) is 116 Å². The van der Waals surface area contributed by atoms with Crippen LogP contribution < -0.4 is 0 Å². The lowest BCUT2D eigenvalue weighted by atomic mass is 10.0. The second kappa shape index (κ2) is 66.1. The van der Waals surface area contributed by atoms with Crippen LogP contribution in [0.4, 0.5) is 0 Å². The van der Waals surface area contributed by atoms with E-state index in [0.717, 1.165) is 161 Å². The number of carbonyl (C=O) groups is 3. The minimum Gasteiger partial charge on any atom is -0.462 e.